The first-order valence-corrected chi connectivity index (χ1v) is 3.31. The van der Waals surface area contributed by atoms with E-state index in [0.29, 0.717) is 13.1 Å². The highest BCUT2D eigenvalue weighted by atomic mass is 14.7. The minimum Gasteiger partial charge on any atom is -0.344 e. The Balaban J connectivity index is 0. The third-order valence-corrected chi connectivity index (χ3v) is 1.43. The van der Waals surface area contributed by atoms with Gasteiger partial charge in [-0.15, -0.1) is 0 Å². The zero-order valence-electron chi connectivity index (χ0n) is 6.77. The second kappa shape index (κ2) is 5.61. The van der Waals surface area contributed by atoms with Crippen molar-refractivity contribution < 1.29 is 0 Å². The molecule has 4 nitrogen and oxygen atoms in total. The monoisotopic (exact) mass is 148 g/mol. The maximum atomic E-state index is 5.78. The van der Waals surface area contributed by atoms with Gasteiger partial charge >= 0.3 is 0 Å². The van der Waals surface area contributed by atoms with Gasteiger partial charge in [-0.05, 0) is 32.9 Å². The van der Waals surface area contributed by atoms with E-state index in [4.69, 9.17) is 17.2 Å². The Morgan fingerprint density at radius 1 is 1.10 bits per heavy atom. The molecule has 0 spiro atoms. The minimum absolute atomic E-state index is 0. The van der Waals surface area contributed by atoms with Gasteiger partial charge in [0.15, 0.2) is 0 Å². The van der Waals surface area contributed by atoms with Gasteiger partial charge < -0.3 is 23.4 Å². The SMILES string of the molecule is CC(N)(CCN)CCN.N. The van der Waals surface area contributed by atoms with Gasteiger partial charge in [0.1, 0.15) is 0 Å². The van der Waals surface area contributed by atoms with E-state index in [1.807, 2.05) is 6.92 Å². The molecule has 0 atom stereocenters. The van der Waals surface area contributed by atoms with Gasteiger partial charge in [-0.3, -0.25) is 0 Å². The fraction of sp³-hybridized carbons (Fsp3) is 1.00. The predicted octanol–water partition coefficient (Wildman–Crippen LogP) is -0.437. The lowest BCUT2D eigenvalue weighted by Crippen LogP contribution is -2.40. The van der Waals surface area contributed by atoms with Crippen LogP contribution in [0.3, 0.4) is 0 Å². The summed E-state index contributed by atoms with van der Waals surface area (Å²) >= 11 is 0. The second-order valence-electron chi connectivity index (χ2n) is 2.73. The van der Waals surface area contributed by atoms with Crippen LogP contribution < -0.4 is 23.4 Å². The molecule has 0 aliphatic rings. The van der Waals surface area contributed by atoms with Crippen LogP contribution in [0.5, 0.6) is 0 Å². The molecule has 0 unspecified atom stereocenters. The van der Waals surface area contributed by atoms with Crippen molar-refractivity contribution in [2.24, 2.45) is 17.2 Å². The summed E-state index contributed by atoms with van der Waals surface area (Å²) in [5.41, 5.74) is 16.3. The van der Waals surface area contributed by atoms with Crippen molar-refractivity contribution in [3.63, 3.8) is 0 Å². The van der Waals surface area contributed by atoms with E-state index in [9.17, 15) is 0 Å². The van der Waals surface area contributed by atoms with Crippen LogP contribution in [-0.4, -0.2) is 18.6 Å². The summed E-state index contributed by atoms with van der Waals surface area (Å²) < 4.78 is 0. The normalized spacial score (nSPS) is 10.8. The average molecular weight is 148 g/mol. The molecule has 9 N–H and O–H groups in total. The van der Waals surface area contributed by atoms with Crippen molar-refractivity contribution in [3.8, 4) is 0 Å². The highest BCUT2D eigenvalue weighted by Gasteiger charge is 2.14. The molecule has 0 aromatic rings. The van der Waals surface area contributed by atoms with Crippen LogP contribution in [0.15, 0.2) is 0 Å². The lowest BCUT2D eigenvalue weighted by atomic mass is 9.95. The van der Waals surface area contributed by atoms with E-state index in [0.717, 1.165) is 12.8 Å². The van der Waals surface area contributed by atoms with Crippen LogP contribution >= 0.6 is 0 Å². The Labute approximate surface area is 62.7 Å². The van der Waals surface area contributed by atoms with Crippen molar-refractivity contribution in [2.75, 3.05) is 13.1 Å². The number of hydrogen-bond acceptors (Lipinski definition) is 4. The maximum absolute atomic E-state index is 5.78. The van der Waals surface area contributed by atoms with Gasteiger partial charge in [-0.1, -0.05) is 0 Å². The summed E-state index contributed by atoms with van der Waals surface area (Å²) in [6, 6.07) is 0. The molecule has 0 aromatic carbocycles. The van der Waals surface area contributed by atoms with Crippen LogP contribution in [0.2, 0.25) is 0 Å². The summed E-state index contributed by atoms with van der Waals surface area (Å²) in [6.45, 7) is 3.27. The molecule has 64 valence electrons. The molecule has 0 aromatic heterocycles. The van der Waals surface area contributed by atoms with Crippen molar-refractivity contribution in [3.05, 3.63) is 0 Å². The average Bonchev–Trinajstić information content (AvgIpc) is 1.64. The first-order chi connectivity index (χ1) is 4.12. The summed E-state index contributed by atoms with van der Waals surface area (Å²) in [5, 5.41) is 0. The van der Waals surface area contributed by atoms with Gasteiger partial charge in [-0.2, -0.15) is 0 Å². The first kappa shape index (κ1) is 12.5. The fourth-order valence-corrected chi connectivity index (χ4v) is 0.784. The van der Waals surface area contributed by atoms with E-state index >= 15 is 0 Å². The molecule has 10 heavy (non-hydrogen) atoms. The molecule has 0 fully saturated rings. The van der Waals surface area contributed by atoms with Crippen LogP contribution in [0.25, 0.3) is 0 Å². The Bertz CT molecular complexity index is 64.1. The maximum Gasteiger partial charge on any atom is 0.0149 e. The molecule has 0 aliphatic heterocycles. The highest BCUT2D eigenvalue weighted by Crippen LogP contribution is 2.07. The van der Waals surface area contributed by atoms with Crippen molar-refractivity contribution >= 4 is 0 Å². The molecule has 0 saturated carbocycles. The quantitative estimate of drug-likeness (QED) is 0.433. The van der Waals surface area contributed by atoms with Crippen LogP contribution in [-0.2, 0) is 0 Å². The summed E-state index contributed by atoms with van der Waals surface area (Å²) in [6.07, 6.45) is 1.70. The summed E-state index contributed by atoms with van der Waals surface area (Å²) in [7, 11) is 0. The zero-order chi connectivity index (χ0) is 7.33. The Hall–Kier alpha value is -0.160. The van der Waals surface area contributed by atoms with Gasteiger partial charge in [0.05, 0.1) is 0 Å². The van der Waals surface area contributed by atoms with E-state index in [2.05, 4.69) is 0 Å². The Morgan fingerprint density at radius 3 is 1.60 bits per heavy atom. The van der Waals surface area contributed by atoms with Gasteiger partial charge in [0.25, 0.3) is 0 Å². The predicted molar refractivity (Wildman–Crippen MR) is 45.0 cm³/mol. The largest absolute Gasteiger partial charge is 0.344 e. The van der Waals surface area contributed by atoms with E-state index in [1.165, 1.54) is 0 Å². The van der Waals surface area contributed by atoms with Crippen LogP contribution in [0.4, 0.5) is 0 Å². The summed E-state index contributed by atoms with van der Waals surface area (Å²) in [4.78, 5) is 0. The summed E-state index contributed by atoms with van der Waals surface area (Å²) in [5.74, 6) is 0. The Kier molecular flexibility index (Phi) is 7.02. The molecule has 0 saturated heterocycles. The molecular formula is C6H20N4. The fourth-order valence-electron chi connectivity index (χ4n) is 0.784. The molecular weight excluding hydrogens is 128 g/mol. The third kappa shape index (κ3) is 5.97. The third-order valence-electron chi connectivity index (χ3n) is 1.43. The number of nitrogens with two attached hydrogens (primary N) is 3. The standard InChI is InChI=1S/C6H17N3.H3N/c1-6(9,2-4-7)3-5-8;/h2-5,7-9H2,1H3;1H3. The molecule has 0 rings (SSSR count). The number of rotatable bonds is 4. The lowest BCUT2D eigenvalue weighted by molar-refractivity contribution is 0.413. The van der Waals surface area contributed by atoms with Gasteiger partial charge in [0.2, 0.25) is 0 Å². The van der Waals surface area contributed by atoms with Crippen LogP contribution in [0.1, 0.15) is 19.8 Å². The van der Waals surface area contributed by atoms with Crippen molar-refractivity contribution in [1.29, 1.82) is 0 Å². The van der Waals surface area contributed by atoms with E-state index < -0.39 is 0 Å². The Morgan fingerprint density at radius 2 is 1.40 bits per heavy atom. The molecule has 4 heteroatoms. The van der Waals surface area contributed by atoms with Gasteiger partial charge in [-0.25, -0.2) is 0 Å². The highest BCUT2D eigenvalue weighted by molar-refractivity contribution is 4.78. The topological polar surface area (TPSA) is 113 Å². The number of hydrogen-bond donors (Lipinski definition) is 4. The molecule has 0 amide bonds. The van der Waals surface area contributed by atoms with Crippen LogP contribution in [0, 0.1) is 0 Å². The van der Waals surface area contributed by atoms with Crippen molar-refractivity contribution in [1.82, 2.24) is 6.15 Å². The van der Waals surface area contributed by atoms with Gasteiger partial charge in [0, 0.05) is 5.54 Å². The molecule has 0 heterocycles. The van der Waals surface area contributed by atoms with Crippen molar-refractivity contribution in [2.45, 2.75) is 25.3 Å². The smallest absolute Gasteiger partial charge is 0.0149 e. The van der Waals surface area contributed by atoms with E-state index in [-0.39, 0.29) is 11.7 Å². The van der Waals surface area contributed by atoms with E-state index in [1.54, 1.807) is 0 Å². The molecule has 0 aliphatic carbocycles. The molecule has 0 radical (unpaired) electrons. The molecule has 0 bridgehead atoms. The zero-order valence-corrected chi connectivity index (χ0v) is 6.77. The lowest BCUT2D eigenvalue weighted by Gasteiger charge is -2.22. The second-order valence-corrected chi connectivity index (χ2v) is 2.73. The minimum atomic E-state index is -0.149. The first-order valence-electron chi connectivity index (χ1n) is 3.31.